The van der Waals surface area contributed by atoms with Crippen LogP contribution in [0.15, 0.2) is 11.4 Å². The third-order valence-corrected chi connectivity index (χ3v) is 4.00. The Bertz CT molecular complexity index is 480. The van der Waals surface area contributed by atoms with Gasteiger partial charge >= 0.3 is 5.97 Å². The van der Waals surface area contributed by atoms with Crippen LogP contribution in [0, 0.1) is 0 Å². The van der Waals surface area contributed by atoms with E-state index in [0.29, 0.717) is 6.42 Å². The molecule has 1 atom stereocenters. The smallest absolute Gasteiger partial charge is 0.337 e. The first kappa shape index (κ1) is 13.0. The number of hydrogen-bond acceptors (Lipinski definition) is 4. The molecule has 1 unspecified atom stereocenters. The van der Waals surface area contributed by atoms with Crippen molar-refractivity contribution in [2.75, 3.05) is 11.4 Å². The molecule has 1 amide bonds. The van der Waals surface area contributed by atoms with Crippen molar-refractivity contribution in [3.63, 3.8) is 0 Å². The monoisotopic (exact) mass is 269 g/mol. The van der Waals surface area contributed by atoms with Crippen molar-refractivity contribution in [3.05, 3.63) is 16.3 Å². The van der Waals surface area contributed by atoms with Gasteiger partial charge in [-0.2, -0.15) is 0 Å². The number of fused-ring (bicyclic) bond motifs is 1. The number of aryl methyl sites for hydroxylation is 1. The minimum absolute atomic E-state index is 0.131. The third-order valence-electron chi connectivity index (χ3n) is 3.03. The molecule has 2 rings (SSSR count). The molecule has 0 saturated carbocycles. The summed E-state index contributed by atoms with van der Waals surface area (Å²) in [6, 6.07) is 1.81. The first-order chi connectivity index (χ1) is 8.42. The Morgan fingerprint density at radius 1 is 1.56 bits per heavy atom. The van der Waals surface area contributed by atoms with Crippen LogP contribution >= 0.6 is 11.3 Å². The van der Waals surface area contributed by atoms with Gasteiger partial charge in [-0.3, -0.25) is 4.79 Å². The van der Waals surface area contributed by atoms with Crippen LogP contribution in [0.3, 0.4) is 0 Å². The second kappa shape index (κ2) is 4.70. The minimum Gasteiger partial charge on any atom is -0.479 e. The van der Waals surface area contributed by atoms with Gasteiger partial charge in [-0.1, -0.05) is 0 Å². The quantitative estimate of drug-likeness (QED) is 0.865. The van der Waals surface area contributed by atoms with E-state index in [4.69, 9.17) is 5.11 Å². The summed E-state index contributed by atoms with van der Waals surface area (Å²) in [5.74, 6) is -1.45. The molecule has 2 N–H and O–H groups in total. The molecular weight excluding hydrogens is 254 g/mol. The average molecular weight is 269 g/mol. The lowest BCUT2D eigenvalue weighted by molar-refractivity contribution is -0.155. The van der Waals surface area contributed by atoms with Gasteiger partial charge in [-0.05, 0) is 31.2 Å². The Hall–Kier alpha value is -1.40. The number of aliphatic hydroxyl groups is 1. The number of hydrogen-bond donors (Lipinski definition) is 2. The Labute approximate surface area is 109 Å². The highest BCUT2D eigenvalue weighted by Gasteiger charge is 2.36. The maximum atomic E-state index is 12.0. The van der Waals surface area contributed by atoms with Gasteiger partial charge in [0, 0.05) is 11.3 Å². The van der Waals surface area contributed by atoms with Crippen LogP contribution in [0.2, 0.25) is 0 Å². The van der Waals surface area contributed by atoms with Crippen LogP contribution < -0.4 is 4.90 Å². The molecule has 0 bridgehead atoms. The van der Waals surface area contributed by atoms with E-state index in [0.717, 1.165) is 23.4 Å². The third kappa shape index (κ3) is 2.39. The van der Waals surface area contributed by atoms with Gasteiger partial charge in [0.15, 0.2) is 5.60 Å². The summed E-state index contributed by atoms with van der Waals surface area (Å²) in [4.78, 5) is 25.4. The van der Waals surface area contributed by atoms with Crippen LogP contribution in [0.1, 0.15) is 24.6 Å². The molecule has 6 heteroatoms. The zero-order chi connectivity index (χ0) is 13.3. The number of nitrogens with zero attached hydrogens (tertiary/aromatic N) is 1. The summed E-state index contributed by atoms with van der Waals surface area (Å²) in [5.41, 5.74) is -1.19. The maximum Gasteiger partial charge on any atom is 0.337 e. The Morgan fingerprint density at radius 3 is 2.94 bits per heavy atom. The minimum atomic E-state index is -1.93. The number of rotatable bonds is 3. The predicted octanol–water partition coefficient (Wildman–Crippen LogP) is 1.25. The van der Waals surface area contributed by atoms with Gasteiger partial charge < -0.3 is 15.1 Å². The van der Waals surface area contributed by atoms with Crippen LogP contribution in [0.4, 0.5) is 5.69 Å². The molecule has 1 aromatic rings. The number of carboxylic acid groups (broad SMARTS) is 1. The molecule has 5 nitrogen and oxygen atoms in total. The summed E-state index contributed by atoms with van der Waals surface area (Å²) in [6.07, 6.45) is 1.97. The van der Waals surface area contributed by atoms with Crippen molar-refractivity contribution in [2.45, 2.75) is 31.8 Å². The SMILES string of the molecule is CC(O)(CN1C(=O)CCCc2sccc21)C(=O)O. The lowest BCUT2D eigenvalue weighted by Gasteiger charge is -2.28. The first-order valence-corrected chi connectivity index (χ1v) is 6.62. The molecule has 1 aliphatic heterocycles. The number of carboxylic acids is 1. The fraction of sp³-hybridized carbons (Fsp3) is 0.500. The van der Waals surface area contributed by atoms with Crippen molar-refractivity contribution < 1.29 is 19.8 Å². The largest absolute Gasteiger partial charge is 0.479 e. The van der Waals surface area contributed by atoms with Crippen molar-refractivity contribution in [1.29, 1.82) is 0 Å². The van der Waals surface area contributed by atoms with Gasteiger partial charge in [0.25, 0.3) is 0 Å². The van der Waals surface area contributed by atoms with Crippen molar-refractivity contribution >= 4 is 28.9 Å². The molecule has 98 valence electrons. The molecule has 1 aromatic heterocycles. The highest BCUT2D eigenvalue weighted by molar-refractivity contribution is 7.10. The van der Waals surface area contributed by atoms with Crippen LogP contribution in [-0.4, -0.2) is 34.2 Å². The van der Waals surface area contributed by atoms with Crippen LogP contribution in [0.25, 0.3) is 0 Å². The molecule has 2 heterocycles. The summed E-state index contributed by atoms with van der Waals surface area (Å²) in [7, 11) is 0. The first-order valence-electron chi connectivity index (χ1n) is 5.74. The summed E-state index contributed by atoms with van der Waals surface area (Å²) < 4.78 is 0. The van der Waals surface area contributed by atoms with Gasteiger partial charge in [-0.15, -0.1) is 11.3 Å². The van der Waals surface area contributed by atoms with E-state index in [1.807, 2.05) is 5.38 Å². The van der Waals surface area contributed by atoms with E-state index in [1.165, 1.54) is 11.8 Å². The van der Waals surface area contributed by atoms with Gasteiger partial charge in [0.05, 0.1) is 12.2 Å². The van der Waals surface area contributed by atoms with E-state index in [2.05, 4.69) is 0 Å². The number of anilines is 1. The number of aliphatic carboxylic acids is 1. The number of thiophene rings is 1. The van der Waals surface area contributed by atoms with E-state index in [9.17, 15) is 14.7 Å². The molecule has 18 heavy (non-hydrogen) atoms. The van der Waals surface area contributed by atoms with Crippen molar-refractivity contribution in [1.82, 2.24) is 0 Å². The van der Waals surface area contributed by atoms with Gasteiger partial charge in [-0.25, -0.2) is 4.79 Å². The number of carbonyl (C=O) groups is 2. The van der Waals surface area contributed by atoms with Crippen molar-refractivity contribution in [3.8, 4) is 0 Å². The fourth-order valence-corrected chi connectivity index (χ4v) is 2.90. The molecule has 0 aliphatic carbocycles. The zero-order valence-corrected chi connectivity index (χ0v) is 10.9. The Kier molecular flexibility index (Phi) is 3.41. The number of carbonyl (C=O) groups excluding carboxylic acids is 1. The topological polar surface area (TPSA) is 77.8 Å². The van der Waals surface area contributed by atoms with E-state index < -0.39 is 11.6 Å². The Morgan fingerprint density at radius 2 is 2.28 bits per heavy atom. The lowest BCUT2D eigenvalue weighted by atomic mass is 10.1. The molecule has 1 aliphatic rings. The van der Waals surface area contributed by atoms with Crippen LogP contribution in [0.5, 0.6) is 0 Å². The summed E-state index contributed by atoms with van der Waals surface area (Å²) >= 11 is 1.56. The highest BCUT2D eigenvalue weighted by atomic mass is 32.1. The van der Waals surface area contributed by atoms with Gasteiger partial charge in [0.1, 0.15) is 0 Å². The highest BCUT2D eigenvalue weighted by Crippen LogP contribution is 2.32. The average Bonchev–Trinajstić information content (AvgIpc) is 2.68. The predicted molar refractivity (Wildman–Crippen MR) is 67.9 cm³/mol. The molecular formula is C12H15NO4S. The molecule has 0 fully saturated rings. The van der Waals surface area contributed by atoms with Gasteiger partial charge in [0.2, 0.25) is 5.91 Å². The normalized spacial score (nSPS) is 19.0. The summed E-state index contributed by atoms with van der Waals surface area (Å²) in [5, 5.41) is 20.6. The zero-order valence-electron chi connectivity index (χ0n) is 10.0. The standard InChI is InChI=1S/C12H15NO4S/c1-12(17,11(15)16)7-13-8-5-6-18-9(8)3-2-4-10(13)14/h5-6,17H,2-4,7H2,1H3,(H,15,16). The fourth-order valence-electron chi connectivity index (χ4n) is 1.98. The summed E-state index contributed by atoms with van der Waals surface area (Å²) in [6.45, 7) is 0.991. The van der Waals surface area contributed by atoms with Crippen LogP contribution in [-0.2, 0) is 16.0 Å². The van der Waals surface area contributed by atoms with E-state index in [1.54, 1.807) is 17.4 Å². The Balaban J connectivity index is 2.31. The van der Waals surface area contributed by atoms with Crippen molar-refractivity contribution in [2.24, 2.45) is 0 Å². The second-order valence-corrected chi connectivity index (χ2v) is 5.64. The molecule has 0 radical (unpaired) electrons. The number of amides is 1. The lowest BCUT2D eigenvalue weighted by Crippen LogP contribution is -2.48. The molecule has 0 saturated heterocycles. The number of β-amino-alcohol motifs (C(OH)–C–C–N with tert-alkyl or cyclic N) is 1. The molecule has 0 spiro atoms. The molecule has 0 aromatic carbocycles. The second-order valence-electron chi connectivity index (χ2n) is 4.64. The van der Waals surface area contributed by atoms with E-state index in [-0.39, 0.29) is 12.5 Å². The maximum absolute atomic E-state index is 12.0. The van der Waals surface area contributed by atoms with E-state index >= 15 is 0 Å².